The number of aryl methyl sites for hydroxylation is 2. The molecule has 8 nitrogen and oxygen atoms in total. The van der Waals surface area contributed by atoms with Crippen LogP contribution in [0, 0.1) is 5.92 Å². The van der Waals surface area contributed by atoms with E-state index in [1.807, 2.05) is 13.1 Å². The van der Waals surface area contributed by atoms with Crippen LogP contribution < -0.4 is 15.4 Å². The van der Waals surface area contributed by atoms with Gasteiger partial charge in [0.05, 0.1) is 17.7 Å². The first kappa shape index (κ1) is 32.2. The van der Waals surface area contributed by atoms with Crippen molar-refractivity contribution in [1.29, 1.82) is 0 Å². The van der Waals surface area contributed by atoms with Crippen molar-refractivity contribution in [3.05, 3.63) is 81.9 Å². The zero-order valence-corrected chi connectivity index (χ0v) is 25.3. The highest BCUT2D eigenvalue weighted by Crippen LogP contribution is 2.26. The van der Waals surface area contributed by atoms with Crippen LogP contribution in [0.25, 0.3) is 0 Å². The van der Waals surface area contributed by atoms with Gasteiger partial charge in [0.15, 0.2) is 0 Å². The summed E-state index contributed by atoms with van der Waals surface area (Å²) in [5.74, 6) is 1.48. The molecule has 0 aliphatic heterocycles. The molecule has 0 radical (unpaired) electrons. The number of aromatic nitrogens is 2. The number of imidazole rings is 1. The molecule has 0 aliphatic carbocycles. The molecule has 41 heavy (non-hydrogen) atoms. The van der Waals surface area contributed by atoms with E-state index in [4.69, 9.17) is 16.3 Å². The maximum Gasteiger partial charge on any atom is 0.251 e. The fourth-order valence-electron chi connectivity index (χ4n) is 4.66. The van der Waals surface area contributed by atoms with Crippen molar-refractivity contribution in [2.24, 2.45) is 5.92 Å². The molecule has 0 fully saturated rings. The molecule has 222 valence electrons. The van der Waals surface area contributed by atoms with Gasteiger partial charge >= 0.3 is 0 Å². The highest BCUT2D eigenvalue weighted by molar-refractivity contribution is 6.32. The van der Waals surface area contributed by atoms with Crippen molar-refractivity contribution in [3.63, 3.8) is 0 Å². The Morgan fingerprint density at radius 2 is 1.80 bits per heavy atom. The second-order valence-electron chi connectivity index (χ2n) is 10.9. The van der Waals surface area contributed by atoms with Crippen LogP contribution in [0.15, 0.2) is 48.7 Å². The number of hydrogen-bond donors (Lipinski definition) is 4. The van der Waals surface area contributed by atoms with Crippen molar-refractivity contribution >= 4 is 23.4 Å². The van der Waals surface area contributed by atoms with Gasteiger partial charge in [-0.25, -0.2) is 4.98 Å². The average Bonchev–Trinajstić information content (AvgIpc) is 3.40. The Bertz CT molecular complexity index is 1260. The number of hydrogen-bond acceptors (Lipinski definition) is 5. The number of aliphatic hydroxyl groups is 1. The zero-order chi connectivity index (χ0) is 29.8. The summed E-state index contributed by atoms with van der Waals surface area (Å²) in [6.45, 7) is 8.33. The molecule has 0 saturated carbocycles. The minimum atomic E-state index is -0.239. The van der Waals surface area contributed by atoms with E-state index < -0.39 is 0 Å². The number of nitrogens with zero attached hydrogens (tertiary/aromatic N) is 1. The lowest BCUT2D eigenvalue weighted by Crippen LogP contribution is -2.37. The highest BCUT2D eigenvalue weighted by atomic mass is 35.5. The van der Waals surface area contributed by atoms with Crippen molar-refractivity contribution in [1.82, 2.24) is 20.6 Å². The topological polar surface area (TPSA) is 116 Å². The summed E-state index contributed by atoms with van der Waals surface area (Å²) in [6, 6.07) is 13.0. The second kappa shape index (κ2) is 16.2. The molecular formula is C32H43ClN4O4. The SMILES string of the molecule is CCCOc1ccc(C(=O)N[C@H](CCO)Cc2ccc(CCc3cnc([C@@H](CC(C)C)NC(C)=O)[nH]3)cc2)cc1Cl. The van der Waals surface area contributed by atoms with Crippen LogP contribution >= 0.6 is 11.6 Å². The van der Waals surface area contributed by atoms with E-state index in [0.29, 0.717) is 41.7 Å². The first-order valence-corrected chi connectivity index (χ1v) is 14.8. The van der Waals surface area contributed by atoms with Gasteiger partial charge in [0.25, 0.3) is 5.91 Å². The molecule has 1 heterocycles. The van der Waals surface area contributed by atoms with Gasteiger partial charge in [-0.2, -0.15) is 0 Å². The van der Waals surface area contributed by atoms with Gasteiger partial charge in [-0.05, 0) is 73.8 Å². The number of carbonyl (C=O) groups excluding carboxylic acids is 2. The lowest BCUT2D eigenvalue weighted by atomic mass is 10.00. The molecule has 0 spiro atoms. The molecule has 2 amide bonds. The third-order valence-electron chi connectivity index (χ3n) is 6.72. The van der Waals surface area contributed by atoms with Crippen molar-refractivity contribution in [2.45, 2.75) is 78.3 Å². The number of amides is 2. The third-order valence-corrected chi connectivity index (χ3v) is 7.01. The standard InChI is InChI=1S/C32H43ClN4O4/c1-5-16-41-30-13-11-25(19-28(30)33)32(40)37-26(14-15-38)18-24-8-6-23(7-9-24)10-12-27-20-34-31(36-27)29(17-21(2)3)35-22(4)39/h6-9,11,13,19-21,26,29,38H,5,10,12,14-18H2,1-4H3,(H,34,36)(H,35,39)(H,37,40)/t26-,29-/m1/s1. The van der Waals surface area contributed by atoms with Crippen molar-refractivity contribution in [2.75, 3.05) is 13.2 Å². The van der Waals surface area contributed by atoms with E-state index in [1.54, 1.807) is 18.2 Å². The minimum Gasteiger partial charge on any atom is -0.492 e. The molecule has 0 bridgehead atoms. The van der Waals surface area contributed by atoms with Crippen LogP contribution in [-0.4, -0.2) is 46.1 Å². The van der Waals surface area contributed by atoms with Crippen LogP contribution in [0.1, 0.15) is 86.0 Å². The summed E-state index contributed by atoms with van der Waals surface area (Å²) in [4.78, 5) is 32.4. The van der Waals surface area contributed by atoms with E-state index in [2.05, 4.69) is 58.7 Å². The minimum absolute atomic E-state index is 0.0281. The Kier molecular flexibility index (Phi) is 12.7. The molecule has 2 aromatic carbocycles. The van der Waals surface area contributed by atoms with Gasteiger partial charge in [0.1, 0.15) is 11.6 Å². The lowest BCUT2D eigenvalue weighted by molar-refractivity contribution is -0.119. The summed E-state index contributed by atoms with van der Waals surface area (Å²) in [5.41, 5.74) is 3.74. The smallest absolute Gasteiger partial charge is 0.251 e. The molecular weight excluding hydrogens is 540 g/mol. The number of H-pyrrole nitrogens is 1. The van der Waals surface area contributed by atoms with Crippen LogP contribution in [0.3, 0.4) is 0 Å². The molecule has 3 rings (SSSR count). The largest absolute Gasteiger partial charge is 0.492 e. The van der Waals surface area contributed by atoms with E-state index in [0.717, 1.165) is 42.8 Å². The summed E-state index contributed by atoms with van der Waals surface area (Å²) in [6.07, 6.45) is 6.22. The number of ether oxygens (including phenoxy) is 1. The quantitative estimate of drug-likeness (QED) is 0.176. The summed E-state index contributed by atoms with van der Waals surface area (Å²) in [7, 11) is 0. The molecule has 9 heteroatoms. The Morgan fingerprint density at radius 1 is 1.07 bits per heavy atom. The second-order valence-corrected chi connectivity index (χ2v) is 11.3. The summed E-state index contributed by atoms with van der Waals surface area (Å²) < 4.78 is 5.59. The first-order valence-electron chi connectivity index (χ1n) is 14.4. The predicted molar refractivity (Wildman–Crippen MR) is 162 cm³/mol. The number of carbonyl (C=O) groups is 2. The average molecular weight is 583 g/mol. The van der Waals surface area contributed by atoms with Crippen molar-refractivity contribution < 1.29 is 19.4 Å². The summed E-state index contributed by atoms with van der Waals surface area (Å²) in [5, 5.41) is 16.0. The van der Waals surface area contributed by atoms with Gasteiger partial charge in [-0.15, -0.1) is 0 Å². The van der Waals surface area contributed by atoms with Gasteiger partial charge in [-0.1, -0.05) is 56.6 Å². The first-order chi connectivity index (χ1) is 19.7. The number of nitrogens with one attached hydrogen (secondary N) is 3. The molecule has 0 aliphatic rings. The number of aliphatic hydroxyl groups excluding tert-OH is 1. The van der Waals surface area contributed by atoms with E-state index in [-0.39, 0.29) is 30.5 Å². The Hall–Kier alpha value is -3.36. The van der Waals surface area contributed by atoms with Gasteiger partial charge in [0.2, 0.25) is 5.91 Å². The molecule has 2 atom stereocenters. The van der Waals surface area contributed by atoms with Crippen LogP contribution in [0.2, 0.25) is 5.02 Å². The number of halogens is 1. The van der Waals surface area contributed by atoms with Crippen LogP contribution in [-0.2, 0) is 24.1 Å². The van der Waals surface area contributed by atoms with E-state index in [9.17, 15) is 14.7 Å². The van der Waals surface area contributed by atoms with Crippen LogP contribution in [0.4, 0.5) is 0 Å². The molecule has 4 N–H and O–H groups in total. The number of rotatable bonds is 16. The molecule has 0 saturated heterocycles. The Morgan fingerprint density at radius 3 is 2.44 bits per heavy atom. The summed E-state index contributed by atoms with van der Waals surface area (Å²) >= 11 is 6.30. The lowest BCUT2D eigenvalue weighted by Gasteiger charge is -2.19. The molecule has 0 unspecified atom stereocenters. The van der Waals surface area contributed by atoms with E-state index in [1.165, 1.54) is 12.5 Å². The highest BCUT2D eigenvalue weighted by Gasteiger charge is 2.18. The van der Waals surface area contributed by atoms with Gasteiger partial charge < -0.3 is 25.5 Å². The monoisotopic (exact) mass is 582 g/mol. The van der Waals surface area contributed by atoms with Crippen LogP contribution in [0.5, 0.6) is 5.75 Å². The number of benzene rings is 2. The number of aromatic amines is 1. The Labute approximate surface area is 248 Å². The fourth-order valence-corrected chi connectivity index (χ4v) is 4.90. The van der Waals surface area contributed by atoms with Gasteiger partial charge in [0, 0.05) is 37.0 Å². The maximum absolute atomic E-state index is 12.9. The Balaban J connectivity index is 1.56. The predicted octanol–water partition coefficient (Wildman–Crippen LogP) is 5.58. The van der Waals surface area contributed by atoms with E-state index >= 15 is 0 Å². The molecule has 1 aromatic heterocycles. The zero-order valence-electron chi connectivity index (χ0n) is 24.5. The normalized spacial score (nSPS) is 12.7. The maximum atomic E-state index is 12.9. The third kappa shape index (κ3) is 10.5. The van der Waals surface area contributed by atoms with Crippen molar-refractivity contribution in [3.8, 4) is 5.75 Å². The molecule has 3 aromatic rings. The van der Waals surface area contributed by atoms with Gasteiger partial charge in [-0.3, -0.25) is 9.59 Å². The fraction of sp³-hybridized carbons (Fsp3) is 0.469.